The second-order valence-electron chi connectivity index (χ2n) is 9.97. The van der Waals surface area contributed by atoms with E-state index in [2.05, 4.69) is 25.9 Å². The van der Waals surface area contributed by atoms with Gasteiger partial charge in [0.15, 0.2) is 11.9 Å². The fourth-order valence-corrected chi connectivity index (χ4v) is 3.77. The quantitative estimate of drug-likeness (QED) is 0.0409. The molecule has 0 unspecified atom stereocenters. The first-order valence-corrected chi connectivity index (χ1v) is 13.7. The number of amides is 3. The van der Waals surface area contributed by atoms with Gasteiger partial charge in [0, 0.05) is 19.5 Å². The van der Waals surface area contributed by atoms with E-state index >= 15 is 0 Å². The lowest BCUT2D eigenvalue weighted by Crippen LogP contribution is -2.57. The number of hydrogen-bond acceptors (Lipinski definition) is 7. The van der Waals surface area contributed by atoms with Gasteiger partial charge in [-0.2, -0.15) is 0 Å². The van der Waals surface area contributed by atoms with Crippen molar-refractivity contribution in [3.05, 3.63) is 0 Å². The SMILES string of the molecule is CC(C)[C@H](NC(=O)[C@H](CC(=O)O)NC(=O)CCCCCCCCN=C(N)N)C(=O)N[C@@H](CCCN=C(N)N)C(=O)O. The molecule has 0 spiro atoms. The number of carbonyl (C=O) groups is 5. The molecule has 0 aromatic heterocycles. The van der Waals surface area contributed by atoms with E-state index in [1.807, 2.05) is 0 Å². The lowest BCUT2D eigenvalue weighted by Gasteiger charge is -2.26. The molecule has 3 atom stereocenters. The Bertz CT molecular complexity index is 917. The minimum absolute atomic E-state index is 0.0340. The molecular weight excluding hydrogens is 538 g/mol. The molecule has 0 fully saturated rings. The second kappa shape index (κ2) is 20.7. The van der Waals surface area contributed by atoms with E-state index in [1.165, 1.54) is 0 Å². The van der Waals surface area contributed by atoms with E-state index in [1.54, 1.807) is 13.8 Å². The van der Waals surface area contributed by atoms with Crippen molar-refractivity contribution in [3.63, 3.8) is 0 Å². The largest absolute Gasteiger partial charge is 0.481 e. The summed E-state index contributed by atoms with van der Waals surface area (Å²) in [5, 5.41) is 26.0. The third-order valence-electron chi connectivity index (χ3n) is 5.94. The Morgan fingerprint density at radius 2 is 1.22 bits per heavy atom. The average Bonchev–Trinajstić information content (AvgIpc) is 2.86. The van der Waals surface area contributed by atoms with Gasteiger partial charge >= 0.3 is 11.9 Å². The van der Waals surface area contributed by atoms with Crippen molar-refractivity contribution in [2.24, 2.45) is 38.8 Å². The van der Waals surface area contributed by atoms with E-state index in [0.717, 1.165) is 32.1 Å². The van der Waals surface area contributed by atoms with Crippen LogP contribution in [0, 0.1) is 5.92 Å². The van der Waals surface area contributed by atoms with Crippen LogP contribution in [-0.2, 0) is 24.0 Å². The first kappa shape index (κ1) is 36.9. The maximum Gasteiger partial charge on any atom is 0.326 e. The molecule has 0 saturated heterocycles. The molecule has 0 radical (unpaired) electrons. The van der Waals surface area contributed by atoms with E-state index in [0.29, 0.717) is 13.0 Å². The molecule has 0 aromatic carbocycles. The van der Waals surface area contributed by atoms with Crippen molar-refractivity contribution in [3.8, 4) is 0 Å². The Labute approximate surface area is 240 Å². The Kier molecular flexibility index (Phi) is 18.7. The normalized spacial score (nSPS) is 12.9. The van der Waals surface area contributed by atoms with Gasteiger partial charge in [0.1, 0.15) is 18.1 Å². The molecule has 3 amide bonds. The minimum Gasteiger partial charge on any atom is -0.481 e. The summed E-state index contributed by atoms with van der Waals surface area (Å²) in [6, 6.07) is -3.86. The highest BCUT2D eigenvalue weighted by molar-refractivity contribution is 5.95. The van der Waals surface area contributed by atoms with E-state index in [9.17, 15) is 34.2 Å². The van der Waals surface area contributed by atoms with Crippen molar-refractivity contribution in [1.82, 2.24) is 16.0 Å². The summed E-state index contributed by atoms with van der Waals surface area (Å²) in [4.78, 5) is 68.9. The minimum atomic E-state index is -1.42. The summed E-state index contributed by atoms with van der Waals surface area (Å²) < 4.78 is 0. The van der Waals surface area contributed by atoms with Crippen LogP contribution in [0.3, 0.4) is 0 Å². The highest BCUT2D eigenvalue weighted by Crippen LogP contribution is 2.09. The summed E-state index contributed by atoms with van der Waals surface area (Å²) in [5.74, 6) is -5.27. The van der Waals surface area contributed by atoms with Crippen LogP contribution < -0.4 is 38.9 Å². The van der Waals surface area contributed by atoms with Crippen LogP contribution in [0.1, 0.15) is 78.1 Å². The summed E-state index contributed by atoms with van der Waals surface area (Å²) >= 11 is 0. The number of rotatable bonds is 22. The number of carbonyl (C=O) groups excluding carboxylic acids is 3. The number of hydrogen-bond donors (Lipinski definition) is 9. The van der Waals surface area contributed by atoms with Crippen LogP contribution >= 0.6 is 0 Å². The van der Waals surface area contributed by atoms with Crippen molar-refractivity contribution in [2.45, 2.75) is 96.2 Å². The van der Waals surface area contributed by atoms with Gasteiger partial charge in [0.05, 0.1) is 6.42 Å². The van der Waals surface area contributed by atoms with Gasteiger partial charge in [-0.3, -0.25) is 29.2 Å². The summed E-state index contributed by atoms with van der Waals surface area (Å²) in [7, 11) is 0. The van der Waals surface area contributed by atoms with Gasteiger partial charge < -0.3 is 49.1 Å². The Balaban J connectivity index is 4.95. The van der Waals surface area contributed by atoms with Crippen molar-refractivity contribution >= 4 is 41.6 Å². The molecular formula is C25H47N9O7. The number of nitrogens with zero attached hydrogens (tertiary/aromatic N) is 2. The van der Waals surface area contributed by atoms with Gasteiger partial charge in [-0.05, 0) is 31.6 Å². The number of aliphatic imine (C=N–C) groups is 2. The molecule has 16 nitrogen and oxygen atoms in total. The van der Waals surface area contributed by atoms with Crippen molar-refractivity contribution in [1.29, 1.82) is 0 Å². The van der Waals surface area contributed by atoms with Gasteiger partial charge in [0.25, 0.3) is 0 Å². The first-order valence-electron chi connectivity index (χ1n) is 13.7. The Hall–Kier alpha value is -4.11. The standard InChI is InChI=1S/C25H47N9O7/c1-15(2)20(22(39)33-16(23(40)41)10-9-13-31-25(28)29)34-21(38)17(14-19(36)37)32-18(35)11-7-5-3-4-6-8-12-30-24(26)27/h15-17,20H,3-14H2,1-2H3,(H,32,35)(H,33,39)(H,34,38)(H,36,37)(H,40,41)(H4,26,27,30)(H4,28,29,31)/t16-,17-,20-/m0/s1. The maximum atomic E-state index is 12.9. The van der Waals surface area contributed by atoms with E-state index in [-0.39, 0.29) is 37.7 Å². The molecule has 0 aliphatic carbocycles. The second-order valence-corrected chi connectivity index (χ2v) is 9.97. The number of guanidine groups is 2. The third kappa shape index (κ3) is 18.7. The lowest BCUT2D eigenvalue weighted by molar-refractivity contribution is -0.143. The monoisotopic (exact) mass is 585 g/mol. The van der Waals surface area contributed by atoms with Crippen LogP contribution in [-0.4, -0.2) is 83.0 Å². The van der Waals surface area contributed by atoms with Crippen LogP contribution in [0.5, 0.6) is 0 Å². The van der Waals surface area contributed by atoms with Crippen LogP contribution in [0.2, 0.25) is 0 Å². The molecule has 0 rings (SSSR count). The van der Waals surface area contributed by atoms with Crippen molar-refractivity contribution < 1.29 is 34.2 Å². The molecule has 0 heterocycles. The summed E-state index contributed by atoms with van der Waals surface area (Å²) in [6.45, 7) is 4.00. The Morgan fingerprint density at radius 3 is 1.73 bits per heavy atom. The van der Waals surface area contributed by atoms with Crippen LogP contribution in [0.4, 0.5) is 0 Å². The first-order chi connectivity index (χ1) is 19.2. The molecule has 41 heavy (non-hydrogen) atoms. The Morgan fingerprint density at radius 1 is 0.683 bits per heavy atom. The predicted octanol–water partition coefficient (Wildman–Crippen LogP) is -1.29. The smallest absolute Gasteiger partial charge is 0.326 e. The molecule has 0 saturated carbocycles. The number of carboxylic acids is 2. The van der Waals surface area contributed by atoms with E-state index < -0.39 is 60.1 Å². The number of carboxylic acid groups (broad SMARTS) is 2. The number of nitrogens with two attached hydrogens (primary N) is 4. The predicted molar refractivity (Wildman–Crippen MR) is 153 cm³/mol. The number of unbranched alkanes of at least 4 members (excludes halogenated alkanes) is 5. The van der Waals surface area contributed by atoms with Gasteiger partial charge in [-0.25, -0.2) is 4.79 Å². The summed E-state index contributed by atoms with van der Waals surface area (Å²) in [5.41, 5.74) is 21.0. The van der Waals surface area contributed by atoms with Crippen molar-refractivity contribution in [2.75, 3.05) is 13.1 Å². The fraction of sp³-hybridized carbons (Fsp3) is 0.720. The topological polar surface area (TPSA) is 291 Å². The molecule has 0 aliphatic rings. The highest BCUT2D eigenvalue weighted by Gasteiger charge is 2.32. The van der Waals surface area contributed by atoms with Crippen LogP contribution in [0.25, 0.3) is 0 Å². The number of aliphatic carboxylic acids is 2. The zero-order chi connectivity index (χ0) is 31.4. The molecule has 0 bridgehead atoms. The molecule has 0 aliphatic heterocycles. The third-order valence-corrected chi connectivity index (χ3v) is 5.94. The zero-order valence-electron chi connectivity index (χ0n) is 23.9. The van der Waals surface area contributed by atoms with Gasteiger partial charge in [-0.15, -0.1) is 0 Å². The number of nitrogens with one attached hydrogen (secondary N) is 3. The maximum absolute atomic E-state index is 12.9. The fourth-order valence-electron chi connectivity index (χ4n) is 3.77. The molecule has 16 heteroatoms. The van der Waals surface area contributed by atoms with Gasteiger partial charge in [0.2, 0.25) is 17.7 Å². The van der Waals surface area contributed by atoms with Gasteiger partial charge in [-0.1, -0.05) is 39.5 Å². The zero-order valence-corrected chi connectivity index (χ0v) is 23.9. The molecule has 0 aromatic rings. The highest BCUT2D eigenvalue weighted by atomic mass is 16.4. The summed E-state index contributed by atoms with van der Waals surface area (Å²) in [6.07, 6.45) is 4.69. The van der Waals surface area contributed by atoms with Crippen LogP contribution in [0.15, 0.2) is 9.98 Å². The van der Waals surface area contributed by atoms with E-state index in [4.69, 9.17) is 22.9 Å². The molecule has 234 valence electrons. The average molecular weight is 586 g/mol. The lowest BCUT2D eigenvalue weighted by atomic mass is 10.0. The molecule has 13 N–H and O–H groups in total.